The summed E-state index contributed by atoms with van der Waals surface area (Å²) in [5, 5.41) is 25.1. The van der Waals surface area contributed by atoms with Crippen molar-refractivity contribution in [1.29, 1.82) is 0 Å². The van der Waals surface area contributed by atoms with Crippen LogP contribution >= 0.6 is 0 Å². The summed E-state index contributed by atoms with van der Waals surface area (Å²) in [5.74, 6) is -1.26. The fraction of sp³-hybridized carbons (Fsp3) is 0.429. The Morgan fingerprint density at radius 3 is 1.37 bits per heavy atom. The quantitative estimate of drug-likeness (QED) is 0.471. The fourth-order valence-corrected chi connectivity index (χ4v) is 5.68. The number of hydrogen-bond donors (Lipinski definition) is 4. The third-order valence-electron chi connectivity index (χ3n) is 7.66. The Hall–Kier alpha value is -4.08. The second kappa shape index (κ2) is 10.7. The molecule has 0 radical (unpaired) electrons. The monoisotopic (exact) mass is 520 g/mol. The predicted octanol–water partition coefficient (Wildman–Crippen LogP) is 0.848. The van der Waals surface area contributed by atoms with Crippen LogP contribution in [0.5, 0.6) is 11.5 Å². The number of hydrogen-bond acceptors (Lipinski definition) is 6. The van der Waals surface area contributed by atoms with Crippen LogP contribution in [-0.4, -0.2) is 80.9 Å². The summed E-state index contributed by atoms with van der Waals surface area (Å²) in [5.41, 5.74) is 1.50. The zero-order chi connectivity index (χ0) is 26.8. The lowest BCUT2D eigenvalue weighted by Crippen LogP contribution is -2.61. The van der Waals surface area contributed by atoms with Gasteiger partial charge in [0.25, 0.3) is 0 Å². The number of phenolic OH excluding ortho intramolecular Hbond substituents is 2. The summed E-state index contributed by atoms with van der Waals surface area (Å²) in [6, 6.07) is 9.55. The Kier molecular flexibility index (Phi) is 7.22. The molecule has 2 aromatic rings. The first kappa shape index (κ1) is 25.6. The molecule has 0 bridgehead atoms. The molecule has 2 aromatic carbocycles. The predicted molar refractivity (Wildman–Crippen MR) is 137 cm³/mol. The minimum atomic E-state index is -0.912. The molecule has 200 valence electrons. The lowest BCUT2D eigenvalue weighted by Gasteiger charge is -2.34. The summed E-state index contributed by atoms with van der Waals surface area (Å²) in [7, 11) is 0. The number of nitrogens with zero attached hydrogens (tertiary/aromatic N) is 2. The number of carbonyl (C=O) groups excluding carboxylic acids is 4. The molecule has 5 rings (SSSR count). The molecule has 10 heteroatoms. The molecule has 0 aliphatic carbocycles. The average molecular weight is 521 g/mol. The minimum Gasteiger partial charge on any atom is -0.508 e. The Labute approximate surface area is 220 Å². The van der Waals surface area contributed by atoms with E-state index in [9.17, 15) is 29.4 Å². The van der Waals surface area contributed by atoms with E-state index in [0.717, 1.165) is 11.1 Å². The normalized spacial score (nSPS) is 26.2. The molecule has 10 nitrogen and oxygen atoms in total. The third kappa shape index (κ3) is 5.29. The van der Waals surface area contributed by atoms with Crippen LogP contribution in [0.1, 0.15) is 36.8 Å². The first-order chi connectivity index (χ1) is 18.3. The molecule has 3 fully saturated rings. The van der Waals surface area contributed by atoms with Crippen molar-refractivity contribution in [3.8, 4) is 11.5 Å². The van der Waals surface area contributed by atoms with E-state index < -0.39 is 24.2 Å². The zero-order valence-corrected chi connectivity index (χ0v) is 21.0. The molecule has 4 atom stereocenters. The third-order valence-corrected chi connectivity index (χ3v) is 7.66. The van der Waals surface area contributed by atoms with E-state index >= 15 is 0 Å². The number of nitrogens with one attached hydrogen (secondary N) is 2. The summed E-state index contributed by atoms with van der Waals surface area (Å²) in [4.78, 5) is 57.5. The second-order valence-corrected chi connectivity index (χ2v) is 10.2. The van der Waals surface area contributed by atoms with Gasteiger partial charge in [-0.3, -0.25) is 19.2 Å². The molecule has 3 heterocycles. The van der Waals surface area contributed by atoms with Crippen LogP contribution in [0.25, 0.3) is 0 Å². The first-order valence-corrected chi connectivity index (χ1v) is 13.1. The van der Waals surface area contributed by atoms with Gasteiger partial charge in [0.2, 0.25) is 23.6 Å². The lowest BCUT2D eigenvalue weighted by molar-refractivity contribution is -0.146. The number of benzene rings is 2. The van der Waals surface area contributed by atoms with Gasteiger partial charge >= 0.3 is 0 Å². The van der Waals surface area contributed by atoms with Crippen molar-refractivity contribution in [2.45, 2.75) is 62.7 Å². The molecule has 3 saturated heterocycles. The maximum Gasteiger partial charge on any atom is 0.246 e. The maximum absolute atomic E-state index is 13.7. The Balaban J connectivity index is 1.46. The van der Waals surface area contributed by atoms with Gasteiger partial charge in [-0.15, -0.1) is 0 Å². The van der Waals surface area contributed by atoms with Gasteiger partial charge in [0, 0.05) is 25.9 Å². The number of rotatable bonds is 4. The highest BCUT2D eigenvalue weighted by Crippen LogP contribution is 2.25. The van der Waals surface area contributed by atoms with Crippen LogP contribution in [0.2, 0.25) is 0 Å². The van der Waals surface area contributed by atoms with E-state index in [-0.39, 0.29) is 48.0 Å². The summed E-state index contributed by atoms with van der Waals surface area (Å²) in [6.45, 7) is 0.760. The molecule has 0 unspecified atom stereocenters. The van der Waals surface area contributed by atoms with Crippen LogP contribution in [-0.2, 0) is 32.0 Å². The van der Waals surface area contributed by atoms with E-state index in [2.05, 4.69) is 10.6 Å². The molecule has 4 amide bonds. The number of amides is 4. The van der Waals surface area contributed by atoms with Gasteiger partial charge in [-0.2, -0.15) is 0 Å². The molecule has 38 heavy (non-hydrogen) atoms. The van der Waals surface area contributed by atoms with Crippen molar-refractivity contribution in [2.75, 3.05) is 13.1 Å². The van der Waals surface area contributed by atoms with E-state index in [1.807, 2.05) is 0 Å². The van der Waals surface area contributed by atoms with Gasteiger partial charge in [-0.1, -0.05) is 24.3 Å². The van der Waals surface area contributed by atoms with Gasteiger partial charge in [-0.05, 0) is 61.1 Å². The standard InChI is InChI=1S/C28H32N4O6/c33-19-9-5-17(6-10-19)15-21-27(37)31-13-1-3-23(31)25(35)29-22(16-18-7-11-20(34)12-8-18)28(38)32-14-2-4-24(32)26(36)30-21/h5-12,21-24,33-34H,1-4,13-16H2,(H,29,35)(H,30,36)/t21-,22-,23-,24+/m0/s1. The highest BCUT2D eigenvalue weighted by molar-refractivity contribution is 5.98. The van der Waals surface area contributed by atoms with Crippen LogP contribution < -0.4 is 10.6 Å². The van der Waals surface area contributed by atoms with Gasteiger partial charge in [0.05, 0.1) is 0 Å². The maximum atomic E-state index is 13.7. The van der Waals surface area contributed by atoms with Gasteiger partial charge < -0.3 is 30.6 Å². The Morgan fingerprint density at radius 2 is 1.00 bits per heavy atom. The van der Waals surface area contributed by atoms with E-state index in [1.54, 1.807) is 24.3 Å². The Bertz CT molecular complexity index is 1120. The lowest BCUT2D eigenvalue weighted by atomic mass is 10.0. The highest BCUT2D eigenvalue weighted by Gasteiger charge is 2.43. The van der Waals surface area contributed by atoms with E-state index in [1.165, 1.54) is 34.1 Å². The largest absolute Gasteiger partial charge is 0.508 e. The second-order valence-electron chi connectivity index (χ2n) is 10.2. The molecule has 0 aromatic heterocycles. The molecular formula is C28H32N4O6. The number of carbonyl (C=O) groups is 4. The fourth-order valence-electron chi connectivity index (χ4n) is 5.68. The first-order valence-electron chi connectivity index (χ1n) is 13.1. The molecule has 0 spiro atoms. The van der Waals surface area contributed by atoms with Gasteiger partial charge in [0.1, 0.15) is 35.7 Å². The average Bonchev–Trinajstić information content (AvgIpc) is 3.59. The molecule has 0 saturated carbocycles. The summed E-state index contributed by atoms with van der Waals surface area (Å²) < 4.78 is 0. The molecular weight excluding hydrogens is 488 g/mol. The van der Waals surface area contributed by atoms with Crippen LogP contribution in [0.3, 0.4) is 0 Å². The van der Waals surface area contributed by atoms with Crippen molar-refractivity contribution in [3.63, 3.8) is 0 Å². The van der Waals surface area contributed by atoms with Crippen molar-refractivity contribution >= 4 is 23.6 Å². The van der Waals surface area contributed by atoms with Gasteiger partial charge in [-0.25, -0.2) is 0 Å². The Morgan fingerprint density at radius 1 is 0.632 bits per heavy atom. The van der Waals surface area contributed by atoms with Crippen molar-refractivity contribution in [3.05, 3.63) is 59.7 Å². The smallest absolute Gasteiger partial charge is 0.246 e. The van der Waals surface area contributed by atoms with Crippen LogP contribution in [0.15, 0.2) is 48.5 Å². The molecule has 3 aliphatic heterocycles. The van der Waals surface area contributed by atoms with E-state index in [4.69, 9.17) is 0 Å². The summed E-state index contributed by atoms with van der Waals surface area (Å²) in [6.07, 6.45) is 2.58. The zero-order valence-electron chi connectivity index (χ0n) is 21.0. The van der Waals surface area contributed by atoms with Crippen LogP contribution in [0, 0.1) is 0 Å². The van der Waals surface area contributed by atoms with Crippen molar-refractivity contribution < 1.29 is 29.4 Å². The van der Waals surface area contributed by atoms with Crippen LogP contribution in [0.4, 0.5) is 0 Å². The number of aromatic hydroxyl groups is 2. The van der Waals surface area contributed by atoms with E-state index in [0.29, 0.717) is 38.8 Å². The molecule has 3 aliphatic rings. The minimum absolute atomic E-state index is 0.0982. The highest BCUT2D eigenvalue weighted by atomic mass is 16.3. The SMILES string of the molecule is O=C1N[C@@H](Cc2ccc(O)cc2)C(=O)N2CCC[C@H]2C(=O)N[C@@H](Cc2ccc(O)cc2)C(=O)N2CCC[C@H]12. The number of phenols is 2. The van der Waals surface area contributed by atoms with Crippen molar-refractivity contribution in [1.82, 2.24) is 20.4 Å². The van der Waals surface area contributed by atoms with Crippen molar-refractivity contribution in [2.24, 2.45) is 0 Å². The molecule has 4 N–H and O–H groups in total. The topological polar surface area (TPSA) is 139 Å². The van der Waals surface area contributed by atoms with Gasteiger partial charge in [0.15, 0.2) is 0 Å². The number of fused-ring (bicyclic) bond motifs is 2. The summed E-state index contributed by atoms with van der Waals surface area (Å²) >= 11 is 0.